The van der Waals surface area contributed by atoms with Crippen LogP contribution in [0.5, 0.6) is 0 Å². The van der Waals surface area contributed by atoms with Crippen LogP contribution in [0.1, 0.15) is 31.7 Å². The smallest absolute Gasteiger partial charge is 0.0847 e. The summed E-state index contributed by atoms with van der Waals surface area (Å²) in [6, 6.07) is 0.230. The van der Waals surface area contributed by atoms with Crippen LogP contribution in [0.2, 0.25) is 5.02 Å². The monoisotopic (exact) mass is 241 g/mol. The fraction of sp³-hybridized carbons (Fsp3) is 0.750. The van der Waals surface area contributed by atoms with Crippen LogP contribution in [0.4, 0.5) is 0 Å². The molecule has 1 aliphatic carbocycles. The van der Waals surface area contributed by atoms with Crippen LogP contribution < -0.4 is 5.73 Å². The molecular formula is C12H20ClN3. The Labute approximate surface area is 102 Å². The number of hydrogen-bond acceptors (Lipinski definition) is 2. The zero-order valence-corrected chi connectivity index (χ0v) is 11.0. The lowest BCUT2D eigenvalue weighted by molar-refractivity contribution is 0.524. The van der Waals surface area contributed by atoms with Crippen LogP contribution in [0.25, 0.3) is 0 Å². The molecule has 16 heavy (non-hydrogen) atoms. The van der Waals surface area contributed by atoms with E-state index >= 15 is 0 Å². The Kier molecular flexibility index (Phi) is 3.27. The van der Waals surface area contributed by atoms with Crippen molar-refractivity contribution in [1.82, 2.24) is 9.78 Å². The Bertz CT molecular complexity index is 386. The van der Waals surface area contributed by atoms with Crippen LogP contribution in [0, 0.1) is 18.8 Å². The molecule has 2 rings (SSSR count). The second-order valence-electron chi connectivity index (χ2n) is 4.91. The van der Waals surface area contributed by atoms with Crippen LogP contribution in [0.3, 0.4) is 0 Å². The fourth-order valence-electron chi connectivity index (χ4n) is 2.39. The van der Waals surface area contributed by atoms with Crippen molar-refractivity contribution in [3.63, 3.8) is 0 Å². The first-order valence-corrected chi connectivity index (χ1v) is 6.39. The van der Waals surface area contributed by atoms with Gasteiger partial charge in [0.15, 0.2) is 0 Å². The predicted octanol–water partition coefficient (Wildman–Crippen LogP) is 2.39. The lowest BCUT2D eigenvalue weighted by atomic mass is 10.1. The molecule has 0 aliphatic heterocycles. The number of nitrogens with two attached hydrogens (primary N) is 1. The van der Waals surface area contributed by atoms with Crippen molar-refractivity contribution in [2.45, 2.75) is 46.2 Å². The highest BCUT2D eigenvalue weighted by Crippen LogP contribution is 2.41. The van der Waals surface area contributed by atoms with Crippen molar-refractivity contribution in [2.75, 3.05) is 0 Å². The van der Waals surface area contributed by atoms with Gasteiger partial charge in [0.25, 0.3) is 0 Å². The van der Waals surface area contributed by atoms with Gasteiger partial charge in [-0.15, -0.1) is 0 Å². The molecule has 1 aliphatic rings. The molecule has 1 heterocycles. The van der Waals surface area contributed by atoms with Crippen molar-refractivity contribution in [3.05, 3.63) is 16.4 Å². The molecule has 2 N–H and O–H groups in total. The molecule has 3 atom stereocenters. The van der Waals surface area contributed by atoms with Gasteiger partial charge in [-0.2, -0.15) is 5.10 Å². The molecule has 3 nitrogen and oxygen atoms in total. The first-order valence-electron chi connectivity index (χ1n) is 6.02. The molecule has 0 spiro atoms. The summed E-state index contributed by atoms with van der Waals surface area (Å²) in [6.07, 6.45) is 2.11. The van der Waals surface area contributed by atoms with Gasteiger partial charge in [-0.05, 0) is 32.1 Å². The highest BCUT2D eigenvalue weighted by atomic mass is 35.5. The molecule has 0 radical (unpaired) electrons. The molecule has 0 amide bonds. The maximum absolute atomic E-state index is 6.26. The summed E-state index contributed by atoms with van der Waals surface area (Å²) in [5.41, 5.74) is 8.22. The number of halogens is 1. The van der Waals surface area contributed by atoms with Gasteiger partial charge in [0, 0.05) is 19.0 Å². The quantitative estimate of drug-likeness (QED) is 0.880. The molecular weight excluding hydrogens is 222 g/mol. The zero-order valence-electron chi connectivity index (χ0n) is 10.2. The summed E-state index contributed by atoms with van der Waals surface area (Å²) in [6.45, 7) is 7.14. The van der Waals surface area contributed by atoms with E-state index in [-0.39, 0.29) is 6.04 Å². The number of hydrogen-bond donors (Lipinski definition) is 1. The fourth-order valence-corrected chi connectivity index (χ4v) is 2.60. The third kappa shape index (κ3) is 2.11. The van der Waals surface area contributed by atoms with Crippen LogP contribution in [0.15, 0.2) is 0 Å². The third-order valence-corrected chi connectivity index (χ3v) is 4.10. The molecule has 3 unspecified atom stereocenters. The molecule has 0 aromatic carbocycles. The van der Waals surface area contributed by atoms with E-state index < -0.39 is 0 Å². The topological polar surface area (TPSA) is 43.8 Å². The minimum absolute atomic E-state index is 0.230. The van der Waals surface area contributed by atoms with Crippen molar-refractivity contribution < 1.29 is 0 Å². The molecule has 1 fully saturated rings. The highest BCUT2D eigenvalue weighted by molar-refractivity contribution is 6.31. The van der Waals surface area contributed by atoms with Gasteiger partial charge in [-0.3, -0.25) is 4.68 Å². The third-order valence-electron chi connectivity index (χ3n) is 3.60. The zero-order chi connectivity index (χ0) is 11.9. The van der Waals surface area contributed by atoms with Crippen LogP contribution in [-0.4, -0.2) is 15.8 Å². The molecule has 1 saturated carbocycles. The summed E-state index contributed by atoms with van der Waals surface area (Å²) in [5, 5.41) is 5.21. The van der Waals surface area contributed by atoms with Crippen molar-refractivity contribution in [2.24, 2.45) is 17.6 Å². The average molecular weight is 242 g/mol. The largest absolute Gasteiger partial charge is 0.327 e. The minimum atomic E-state index is 0.230. The van der Waals surface area contributed by atoms with Gasteiger partial charge < -0.3 is 5.73 Å². The van der Waals surface area contributed by atoms with Gasteiger partial charge in [-0.25, -0.2) is 0 Å². The van der Waals surface area contributed by atoms with Crippen LogP contribution >= 0.6 is 11.6 Å². The normalized spacial score (nSPS) is 25.8. The van der Waals surface area contributed by atoms with Crippen molar-refractivity contribution >= 4 is 11.6 Å². The van der Waals surface area contributed by atoms with E-state index in [2.05, 4.69) is 18.9 Å². The maximum Gasteiger partial charge on any atom is 0.0847 e. The number of nitrogens with zero attached hydrogens (tertiary/aromatic N) is 2. The first-order chi connectivity index (χ1) is 7.54. The summed E-state index contributed by atoms with van der Waals surface area (Å²) < 4.78 is 1.98. The van der Waals surface area contributed by atoms with E-state index in [1.807, 2.05) is 11.6 Å². The molecule has 90 valence electrons. The standard InChI is InChI=1S/C12H20ClN3/c1-4-16-11(12(13)8(3)15-16)6-10(14)9-5-7(9)2/h7,9-10H,4-6,14H2,1-3H3. The lowest BCUT2D eigenvalue weighted by Crippen LogP contribution is -2.27. The Morgan fingerprint density at radius 2 is 2.25 bits per heavy atom. The van der Waals surface area contributed by atoms with E-state index in [0.717, 1.165) is 35.3 Å². The first kappa shape index (κ1) is 11.9. The summed E-state index contributed by atoms with van der Waals surface area (Å²) in [7, 11) is 0. The molecule has 1 aromatic rings. The number of aryl methyl sites for hydroxylation is 2. The molecule has 0 saturated heterocycles. The van der Waals surface area contributed by atoms with E-state index in [1.165, 1.54) is 6.42 Å². The van der Waals surface area contributed by atoms with E-state index in [4.69, 9.17) is 17.3 Å². The average Bonchev–Trinajstić information content (AvgIpc) is 2.92. The maximum atomic E-state index is 6.26. The predicted molar refractivity (Wildman–Crippen MR) is 66.6 cm³/mol. The SMILES string of the molecule is CCn1nc(C)c(Cl)c1CC(N)C1CC1C. The van der Waals surface area contributed by atoms with E-state index in [9.17, 15) is 0 Å². The lowest BCUT2D eigenvalue weighted by Gasteiger charge is -2.12. The van der Waals surface area contributed by atoms with E-state index in [0.29, 0.717) is 5.92 Å². The molecule has 1 aromatic heterocycles. The highest BCUT2D eigenvalue weighted by Gasteiger charge is 2.38. The van der Waals surface area contributed by atoms with Gasteiger partial charge in [0.1, 0.15) is 0 Å². The van der Waals surface area contributed by atoms with Crippen LogP contribution in [-0.2, 0) is 13.0 Å². The Hall–Kier alpha value is -0.540. The Morgan fingerprint density at radius 3 is 2.75 bits per heavy atom. The Morgan fingerprint density at radius 1 is 1.62 bits per heavy atom. The summed E-state index contributed by atoms with van der Waals surface area (Å²) in [5.74, 6) is 1.46. The number of rotatable bonds is 4. The minimum Gasteiger partial charge on any atom is -0.327 e. The van der Waals surface area contributed by atoms with E-state index in [1.54, 1.807) is 0 Å². The van der Waals surface area contributed by atoms with Crippen molar-refractivity contribution in [3.8, 4) is 0 Å². The van der Waals surface area contributed by atoms with Gasteiger partial charge in [0.2, 0.25) is 0 Å². The van der Waals surface area contributed by atoms with Gasteiger partial charge >= 0.3 is 0 Å². The van der Waals surface area contributed by atoms with Gasteiger partial charge in [0.05, 0.1) is 16.4 Å². The second-order valence-corrected chi connectivity index (χ2v) is 5.28. The second kappa shape index (κ2) is 4.38. The summed E-state index contributed by atoms with van der Waals surface area (Å²) in [4.78, 5) is 0. The molecule has 4 heteroatoms. The Balaban J connectivity index is 2.13. The van der Waals surface area contributed by atoms with Gasteiger partial charge in [-0.1, -0.05) is 18.5 Å². The van der Waals surface area contributed by atoms with Crippen molar-refractivity contribution in [1.29, 1.82) is 0 Å². The summed E-state index contributed by atoms with van der Waals surface area (Å²) >= 11 is 6.26. The number of aromatic nitrogens is 2. The molecule has 0 bridgehead atoms.